The van der Waals surface area contributed by atoms with Gasteiger partial charge in [0.1, 0.15) is 5.69 Å². The molecule has 0 saturated carbocycles. The molecule has 1 aromatic heterocycles. The van der Waals surface area contributed by atoms with Crippen molar-refractivity contribution < 1.29 is 22.7 Å². The number of esters is 1. The van der Waals surface area contributed by atoms with Crippen LogP contribution in [0.15, 0.2) is 113 Å². The van der Waals surface area contributed by atoms with Crippen LogP contribution in [0.25, 0.3) is 16.8 Å². The minimum absolute atomic E-state index is 0.0517. The van der Waals surface area contributed by atoms with Crippen LogP contribution in [-0.2, 0) is 21.8 Å². The van der Waals surface area contributed by atoms with Gasteiger partial charge < -0.3 is 4.74 Å². The number of hydrogen-bond acceptors (Lipinski definition) is 6. The monoisotopic (exact) mass is 615 g/mol. The minimum Gasteiger partial charge on any atom is -0.454 e. The Morgan fingerprint density at radius 2 is 1.44 bits per heavy atom. The Balaban J connectivity index is 1.32. The first kappa shape index (κ1) is 29.6. The number of anilines is 1. The quantitative estimate of drug-likeness (QED) is 0.169. The molecule has 9 nitrogen and oxygen atoms in total. The first-order valence-electron chi connectivity index (χ1n) is 13.1. The fraction of sp³-hybridized carbons (Fsp3) is 0.0938. The van der Waals surface area contributed by atoms with E-state index in [9.17, 15) is 22.8 Å². The maximum absolute atomic E-state index is 13.3. The Labute approximate surface area is 253 Å². The van der Waals surface area contributed by atoms with Crippen molar-refractivity contribution in [2.24, 2.45) is 7.05 Å². The number of carbonyl (C=O) groups excluding carboxylic acids is 2. The van der Waals surface area contributed by atoms with Crippen LogP contribution >= 0.6 is 11.6 Å². The molecule has 0 unspecified atom stereocenters. The summed E-state index contributed by atoms with van der Waals surface area (Å²) in [7, 11) is -2.73. The minimum atomic E-state index is -4.36. The molecule has 0 aliphatic heterocycles. The Hall–Kier alpha value is -4.93. The molecule has 0 fully saturated rings. The lowest BCUT2D eigenvalue weighted by atomic mass is 10.0. The molecule has 0 radical (unpaired) electrons. The first-order valence-corrected chi connectivity index (χ1v) is 14.9. The van der Waals surface area contributed by atoms with Crippen molar-refractivity contribution in [3.8, 4) is 16.8 Å². The van der Waals surface area contributed by atoms with Crippen LogP contribution in [0.1, 0.15) is 26.4 Å². The number of ether oxygens (including phenoxy) is 1. The summed E-state index contributed by atoms with van der Waals surface area (Å²) in [4.78, 5) is 38.3. The number of Topliss-reactive ketones (excluding diaryl/α,β-unsaturated/α-hetero) is 1. The average molecular weight is 616 g/mol. The molecule has 0 atom stereocenters. The molecule has 4 aromatic carbocycles. The Bertz CT molecular complexity index is 1990. The molecule has 218 valence electrons. The van der Waals surface area contributed by atoms with E-state index in [2.05, 4.69) is 4.72 Å². The van der Waals surface area contributed by atoms with Gasteiger partial charge in [-0.05, 0) is 48.4 Å². The van der Waals surface area contributed by atoms with E-state index in [1.807, 2.05) is 30.3 Å². The van der Waals surface area contributed by atoms with E-state index < -0.39 is 33.9 Å². The van der Waals surface area contributed by atoms with E-state index in [4.69, 9.17) is 16.3 Å². The van der Waals surface area contributed by atoms with Crippen molar-refractivity contribution in [3.63, 3.8) is 0 Å². The number of ketones is 1. The third kappa shape index (κ3) is 6.30. The molecular formula is C32H26ClN3O6S. The zero-order valence-corrected chi connectivity index (χ0v) is 24.7. The Morgan fingerprint density at radius 3 is 2.09 bits per heavy atom. The predicted molar refractivity (Wildman–Crippen MR) is 164 cm³/mol. The van der Waals surface area contributed by atoms with Crippen LogP contribution in [0, 0.1) is 6.92 Å². The topological polar surface area (TPSA) is 116 Å². The summed E-state index contributed by atoms with van der Waals surface area (Å²) in [6.07, 6.45) is 0. The number of nitrogens with one attached hydrogen (secondary N) is 1. The van der Waals surface area contributed by atoms with Crippen LogP contribution in [-0.4, -0.2) is 36.1 Å². The van der Waals surface area contributed by atoms with Crippen LogP contribution in [0.5, 0.6) is 0 Å². The SMILES string of the molecule is Cc1c(NS(=O)(=O)c2cc(Cl)cc(C(=O)OCC(=O)c3ccc(-c4ccccc4)cc3)c2)c(=O)n(-c2ccccc2)n1C. The molecule has 43 heavy (non-hydrogen) atoms. The predicted octanol–water partition coefficient (Wildman–Crippen LogP) is 5.65. The standard InChI is InChI=1S/C32H26ClN3O6S/c1-21-30(31(38)36(35(21)2)27-11-7-4-8-12-27)34-43(40,41)28-18-25(17-26(33)19-28)32(39)42-20-29(37)24-15-13-23(14-16-24)22-9-5-3-6-10-22/h3-19,34H,20H2,1-2H3. The highest BCUT2D eigenvalue weighted by molar-refractivity contribution is 7.92. The van der Waals surface area contributed by atoms with Crippen LogP contribution in [0.4, 0.5) is 5.69 Å². The maximum Gasteiger partial charge on any atom is 0.338 e. The summed E-state index contributed by atoms with van der Waals surface area (Å²) in [5, 5.41) is -0.0517. The van der Waals surface area contributed by atoms with Gasteiger partial charge in [-0.3, -0.25) is 19.0 Å². The molecule has 1 N–H and O–H groups in total. The smallest absolute Gasteiger partial charge is 0.338 e. The molecule has 0 amide bonds. The summed E-state index contributed by atoms with van der Waals surface area (Å²) in [5.41, 5.74) is 2.30. The van der Waals surface area contributed by atoms with E-state index in [0.717, 1.165) is 23.3 Å². The van der Waals surface area contributed by atoms with E-state index in [1.165, 1.54) is 15.4 Å². The van der Waals surface area contributed by atoms with Gasteiger partial charge in [-0.25, -0.2) is 17.9 Å². The van der Waals surface area contributed by atoms with Gasteiger partial charge in [0.15, 0.2) is 12.4 Å². The molecule has 0 saturated heterocycles. The lowest BCUT2D eigenvalue weighted by Crippen LogP contribution is -2.23. The fourth-order valence-electron chi connectivity index (χ4n) is 4.49. The van der Waals surface area contributed by atoms with E-state index in [0.29, 0.717) is 16.9 Å². The maximum atomic E-state index is 13.3. The third-order valence-corrected chi connectivity index (χ3v) is 8.40. The molecule has 0 spiro atoms. The van der Waals surface area contributed by atoms with Gasteiger partial charge in [-0.15, -0.1) is 0 Å². The number of para-hydroxylation sites is 1. The Kier molecular flexibility index (Phi) is 8.33. The highest BCUT2D eigenvalue weighted by atomic mass is 35.5. The lowest BCUT2D eigenvalue weighted by molar-refractivity contribution is 0.0474. The van der Waals surface area contributed by atoms with Gasteiger partial charge in [-0.1, -0.05) is 84.4 Å². The van der Waals surface area contributed by atoms with Gasteiger partial charge in [0, 0.05) is 17.6 Å². The second kappa shape index (κ2) is 12.1. The molecular weight excluding hydrogens is 590 g/mol. The van der Waals surface area contributed by atoms with Gasteiger partial charge in [0.25, 0.3) is 15.6 Å². The van der Waals surface area contributed by atoms with Gasteiger partial charge in [-0.2, -0.15) is 0 Å². The number of hydrogen-bond donors (Lipinski definition) is 1. The van der Waals surface area contributed by atoms with Crippen molar-refractivity contribution in [1.82, 2.24) is 9.36 Å². The molecule has 5 rings (SSSR count). The molecule has 11 heteroatoms. The number of carbonyl (C=O) groups is 2. The number of halogens is 1. The highest BCUT2D eigenvalue weighted by Gasteiger charge is 2.24. The van der Waals surface area contributed by atoms with Crippen LogP contribution in [0.2, 0.25) is 5.02 Å². The van der Waals surface area contributed by atoms with Crippen molar-refractivity contribution in [3.05, 3.63) is 135 Å². The number of benzene rings is 4. The molecule has 5 aromatic rings. The van der Waals surface area contributed by atoms with Crippen LogP contribution < -0.4 is 10.3 Å². The molecule has 0 aliphatic rings. The normalized spacial score (nSPS) is 11.2. The fourth-order valence-corrected chi connectivity index (χ4v) is 5.98. The number of aromatic nitrogens is 2. The number of nitrogens with zero attached hydrogens (tertiary/aromatic N) is 2. The van der Waals surface area contributed by atoms with Crippen molar-refractivity contribution in [1.29, 1.82) is 0 Å². The zero-order valence-electron chi connectivity index (χ0n) is 23.2. The summed E-state index contributed by atoms with van der Waals surface area (Å²) < 4.78 is 37.1. The second-order valence-corrected chi connectivity index (χ2v) is 11.8. The van der Waals surface area contributed by atoms with Crippen molar-refractivity contribution in [2.75, 3.05) is 11.3 Å². The summed E-state index contributed by atoms with van der Waals surface area (Å²) >= 11 is 6.16. The van der Waals surface area contributed by atoms with Gasteiger partial charge in [0.05, 0.1) is 21.8 Å². The van der Waals surface area contributed by atoms with Crippen molar-refractivity contribution in [2.45, 2.75) is 11.8 Å². The molecule has 0 aliphatic carbocycles. The molecule has 0 bridgehead atoms. The summed E-state index contributed by atoms with van der Waals surface area (Å²) in [5.74, 6) is -1.37. The van der Waals surface area contributed by atoms with E-state index >= 15 is 0 Å². The van der Waals surface area contributed by atoms with Gasteiger partial charge >= 0.3 is 5.97 Å². The van der Waals surface area contributed by atoms with Crippen molar-refractivity contribution >= 4 is 39.1 Å². The third-order valence-electron chi connectivity index (χ3n) is 6.86. The van der Waals surface area contributed by atoms with Gasteiger partial charge in [0.2, 0.25) is 0 Å². The average Bonchev–Trinajstić information content (AvgIpc) is 3.22. The molecule has 1 heterocycles. The van der Waals surface area contributed by atoms with E-state index in [-0.39, 0.29) is 21.2 Å². The van der Waals surface area contributed by atoms with E-state index in [1.54, 1.807) is 68.6 Å². The highest BCUT2D eigenvalue weighted by Crippen LogP contribution is 2.24. The number of sulfonamides is 1. The largest absolute Gasteiger partial charge is 0.454 e. The zero-order chi connectivity index (χ0) is 30.7. The first-order chi connectivity index (χ1) is 20.5. The summed E-state index contributed by atoms with van der Waals surface area (Å²) in [6.45, 7) is 1.05. The Morgan fingerprint density at radius 1 is 0.837 bits per heavy atom. The number of rotatable bonds is 9. The lowest BCUT2D eigenvalue weighted by Gasteiger charge is -2.10. The van der Waals surface area contributed by atoms with Crippen LogP contribution in [0.3, 0.4) is 0 Å². The summed E-state index contributed by atoms with van der Waals surface area (Å²) in [6, 6.07) is 28.8. The second-order valence-electron chi connectivity index (χ2n) is 9.66.